The minimum Gasteiger partial charge on any atom is -0.384 e. The van der Waals surface area contributed by atoms with E-state index in [1.807, 2.05) is 0 Å². The Kier molecular flexibility index (Phi) is 4.09. The number of aryl methyl sites for hydroxylation is 1. The third kappa shape index (κ3) is 2.50. The Labute approximate surface area is 126 Å². The molecule has 0 radical (unpaired) electrons. The maximum Gasteiger partial charge on any atom is 0.0581 e. The van der Waals surface area contributed by atoms with Gasteiger partial charge in [-0.05, 0) is 35.1 Å². The molecular weight excluding hydrogens is 260 g/mol. The summed E-state index contributed by atoms with van der Waals surface area (Å²) in [7, 11) is 3.56. The van der Waals surface area contributed by atoms with Crippen LogP contribution in [0.1, 0.15) is 17.5 Å². The van der Waals surface area contributed by atoms with E-state index in [1.54, 1.807) is 14.2 Å². The molecule has 0 aliphatic heterocycles. The Morgan fingerprint density at radius 3 is 2.29 bits per heavy atom. The van der Waals surface area contributed by atoms with Gasteiger partial charge in [-0.15, -0.1) is 0 Å². The molecule has 1 aliphatic rings. The molecule has 2 nitrogen and oxygen atoms in total. The van der Waals surface area contributed by atoms with Gasteiger partial charge in [-0.1, -0.05) is 48.5 Å². The molecule has 110 valence electrons. The molecule has 0 saturated carbocycles. The molecule has 1 aliphatic carbocycles. The van der Waals surface area contributed by atoms with Gasteiger partial charge in [-0.3, -0.25) is 0 Å². The summed E-state index contributed by atoms with van der Waals surface area (Å²) in [6.07, 6.45) is 2.19. The van der Waals surface area contributed by atoms with Crippen molar-refractivity contribution in [2.24, 2.45) is 0 Å². The molecule has 0 bridgehead atoms. The van der Waals surface area contributed by atoms with Gasteiger partial charge in [0.25, 0.3) is 0 Å². The zero-order valence-corrected chi connectivity index (χ0v) is 12.8. The van der Waals surface area contributed by atoms with Crippen molar-refractivity contribution < 1.29 is 9.47 Å². The number of methoxy groups -OCH3 is 2. The average Bonchev–Trinajstić information content (AvgIpc) is 2.88. The van der Waals surface area contributed by atoms with Gasteiger partial charge in [0, 0.05) is 19.6 Å². The quantitative estimate of drug-likeness (QED) is 0.829. The molecule has 0 atom stereocenters. The van der Waals surface area contributed by atoms with E-state index in [2.05, 4.69) is 48.5 Å². The van der Waals surface area contributed by atoms with Crippen molar-refractivity contribution in [2.45, 2.75) is 18.3 Å². The fourth-order valence-corrected chi connectivity index (χ4v) is 3.67. The normalized spacial score (nSPS) is 15.9. The van der Waals surface area contributed by atoms with Gasteiger partial charge in [-0.25, -0.2) is 0 Å². The SMILES string of the molecule is COCC1(COC)CCc2cccc(-c3ccccc3)c21. The van der Waals surface area contributed by atoms with Gasteiger partial charge in [0.05, 0.1) is 13.2 Å². The molecule has 2 aromatic rings. The lowest BCUT2D eigenvalue weighted by Crippen LogP contribution is -2.34. The van der Waals surface area contributed by atoms with Crippen LogP contribution in [-0.4, -0.2) is 27.4 Å². The predicted octanol–water partition coefficient (Wildman–Crippen LogP) is 3.83. The Morgan fingerprint density at radius 1 is 0.905 bits per heavy atom. The van der Waals surface area contributed by atoms with Crippen LogP contribution in [0.15, 0.2) is 48.5 Å². The second kappa shape index (κ2) is 6.00. The Hall–Kier alpha value is -1.64. The molecule has 0 spiro atoms. The molecule has 3 rings (SSSR count). The molecule has 0 fully saturated rings. The summed E-state index contributed by atoms with van der Waals surface area (Å²) >= 11 is 0. The minimum absolute atomic E-state index is 0.0226. The lowest BCUT2D eigenvalue weighted by molar-refractivity contribution is 0.0602. The second-order valence-electron chi connectivity index (χ2n) is 5.85. The van der Waals surface area contributed by atoms with Gasteiger partial charge >= 0.3 is 0 Å². The van der Waals surface area contributed by atoms with Crippen molar-refractivity contribution in [3.63, 3.8) is 0 Å². The number of fused-ring (bicyclic) bond motifs is 1. The smallest absolute Gasteiger partial charge is 0.0581 e. The molecule has 0 unspecified atom stereocenters. The van der Waals surface area contributed by atoms with Gasteiger partial charge < -0.3 is 9.47 Å². The third-order valence-corrected chi connectivity index (χ3v) is 4.48. The van der Waals surface area contributed by atoms with Crippen LogP contribution in [0.3, 0.4) is 0 Å². The summed E-state index contributed by atoms with van der Waals surface area (Å²) in [5, 5.41) is 0. The number of benzene rings is 2. The lowest BCUT2D eigenvalue weighted by Gasteiger charge is -2.31. The molecule has 2 aromatic carbocycles. The highest BCUT2D eigenvalue weighted by Crippen LogP contribution is 2.44. The van der Waals surface area contributed by atoms with Crippen LogP contribution in [0.25, 0.3) is 11.1 Å². The van der Waals surface area contributed by atoms with E-state index in [9.17, 15) is 0 Å². The summed E-state index contributed by atoms with van der Waals surface area (Å²) < 4.78 is 11.1. The van der Waals surface area contributed by atoms with Crippen molar-refractivity contribution >= 4 is 0 Å². The van der Waals surface area contributed by atoms with Gasteiger partial charge in [0.1, 0.15) is 0 Å². The van der Waals surface area contributed by atoms with Crippen LogP contribution in [0.5, 0.6) is 0 Å². The molecular formula is C19H22O2. The predicted molar refractivity (Wildman–Crippen MR) is 85.6 cm³/mol. The highest BCUT2D eigenvalue weighted by molar-refractivity contribution is 5.71. The Balaban J connectivity index is 2.16. The molecule has 2 heteroatoms. The highest BCUT2D eigenvalue weighted by Gasteiger charge is 2.40. The van der Waals surface area contributed by atoms with Gasteiger partial charge in [0.2, 0.25) is 0 Å². The molecule has 0 N–H and O–H groups in total. The number of ether oxygens (including phenoxy) is 2. The van der Waals surface area contributed by atoms with Gasteiger partial charge in [-0.2, -0.15) is 0 Å². The van der Waals surface area contributed by atoms with Crippen molar-refractivity contribution in [3.8, 4) is 11.1 Å². The Bertz CT molecular complexity index is 593. The van der Waals surface area contributed by atoms with E-state index >= 15 is 0 Å². The van der Waals surface area contributed by atoms with E-state index in [0.717, 1.165) is 12.8 Å². The molecule has 0 heterocycles. The fourth-order valence-electron chi connectivity index (χ4n) is 3.67. The van der Waals surface area contributed by atoms with E-state index in [-0.39, 0.29) is 5.41 Å². The van der Waals surface area contributed by atoms with Crippen molar-refractivity contribution in [1.29, 1.82) is 0 Å². The van der Waals surface area contributed by atoms with Crippen LogP contribution in [0.4, 0.5) is 0 Å². The topological polar surface area (TPSA) is 18.5 Å². The first-order valence-electron chi connectivity index (χ1n) is 7.46. The van der Waals surface area contributed by atoms with Crippen molar-refractivity contribution in [1.82, 2.24) is 0 Å². The molecule has 0 amide bonds. The third-order valence-electron chi connectivity index (χ3n) is 4.48. The summed E-state index contributed by atoms with van der Waals surface area (Å²) in [5.74, 6) is 0. The Morgan fingerprint density at radius 2 is 1.62 bits per heavy atom. The van der Waals surface area contributed by atoms with E-state index in [4.69, 9.17) is 9.47 Å². The first kappa shape index (κ1) is 14.3. The summed E-state index contributed by atoms with van der Waals surface area (Å²) in [4.78, 5) is 0. The zero-order chi connectivity index (χ0) is 14.7. The van der Waals surface area contributed by atoms with Crippen LogP contribution < -0.4 is 0 Å². The number of hydrogen-bond acceptors (Lipinski definition) is 2. The average molecular weight is 282 g/mol. The van der Waals surface area contributed by atoms with Crippen LogP contribution in [0.2, 0.25) is 0 Å². The van der Waals surface area contributed by atoms with E-state index < -0.39 is 0 Å². The molecule has 0 saturated heterocycles. The van der Waals surface area contributed by atoms with Gasteiger partial charge in [0.15, 0.2) is 0 Å². The highest BCUT2D eigenvalue weighted by atomic mass is 16.5. The minimum atomic E-state index is -0.0226. The first-order valence-corrected chi connectivity index (χ1v) is 7.46. The van der Waals surface area contributed by atoms with Crippen LogP contribution >= 0.6 is 0 Å². The maximum absolute atomic E-state index is 5.55. The summed E-state index contributed by atoms with van der Waals surface area (Å²) in [5.41, 5.74) is 5.42. The fraction of sp³-hybridized carbons (Fsp3) is 0.368. The monoisotopic (exact) mass is 282 g/mol. The molecule has 21 heavy (non-hydrogen) atoms. The van der Waals surface area contributed by atoms with Crippen LogP contribution in [0, 0.1) is 0 Å². The van der Waals surface area contributed by atoms with E-state index in [1.165, 1.54) is 22.3 Å². The number of rotatable bonds is 5. The second-order valence-corrected chi connectivity index (χ2v) is 5.85. The standard InChI is InChI=1S/C19H22O2/c1-20-13-19(14-21-2)12-11-16-9-6-10-17(18(16)19)15-7-4-3-5-8-15/h3-10H,11-14H2,1-2H3. The van der Waals surface area contributed by atoms with E-state index in [0.29, 0.717) is 13.2 Å². The first-order chi connectivity index (χ1) is 10.3. The number of hydrogen-bond donors (Lipinski definition) is 0. The van der Waals surface area contributed by atoms with Crippen LogP contribution in [-0.2, 0) is 21.3 Å². The summed E-state index contributed by atoms with van der Waals surface area (Å²) in [6, 6.07) is 17.2. The largest absolute Gasteiger partial charge is 0.384 e. The summed E-state index contributed by atoms with van der Waals surface area (Å²) in [6.45, 7) is 1.41. The maximum atomic E-state index is 5.55. The van der Waals surface area contributed by atoms with Crippen molar-refractivity contribution in [2.75, 3.05) is 27.4 Å². The molecule has 0 aromatic heterocycles. The zero-order valence-electron chi connectivity index (χ0n) is 12.8. The van der Waals surface area contributed by atoms with Crippen molar-refractivity contribution in [3.05, 3.63) is 59.7 Å². The lowest BCUT2D eigenvalue weighted by atomic mass is 9.79.